The molecule has 1 saturated heterocycles. The predicted molar refractivity (Wildman–Crippen MR) is 104 cm³/mol. The standard InChI is InChI=1S/C19H24N4OS/c1-2-20-19(22-14-17-5-4-12-25-17)21-13-15-7-9-16(10-8-15)23-11-3-6-18(23)24/h4-5,7-10,12H,2-3,6,11,13-14H2,1H3,(H2,20,21,22). The number of carbonyl (C=O) groups is 1. The number of benzene rings is 1. The van der Waals surface area contributed by atoms with Gasteiger partial charge in [0.05, 0.1) is 13.1 Å². The molecule has 0 bridgehead atoms. The van der Waals surface area contributed by atoms with Crippen LogP contribution in [0.1, 0.15) is 30.2 Å². The second kappa shape index (κ2) is 8.67. The molecule has 1 amide bonds. The van der Waals surface area contributed by atoms with Gasteiger partial charge in [0.15, 0.2) is 5.96 Å². The van der Waals surface area contributed by atoms with Crippen molar-refractivity contribution >= 4 is 28.9 Å². The molecule has 0 saturated carbocycles. The summed E-state index contributed by atoms with van der Waals surface area (Å²) in [5.41, 5.74) is 2.11. The van der Waals surface area contributed by atoms with Crippen LogP contribution in [0.25, 0.3) is 0 Å². The van der Waals surface area contributed by atoms with E-state index in [2.05, 4.69) is 40.1 Å². The summed E-state index contributed by atoms with van der Waals surface area (Å²) in [6, 6.07) is 12.3. The first-order valence-corrected chi connectivity index (χ1v) is 9.58. The van der Waals surface area contributed by atoms with Gasteiger partial charge in [0, 0.05) is 30.1 Å². The van der Waals surface area contributed by atoms with Crippen molar-refractivity contribution < 1.29 is 4.79 Å². The summed E-state index contributed by atoms with van der Waals surface area (Å²) in [4.78, 5) is 19.6. The Balaban J connectivity index is 1.58. The number of aliphatic imine (C=N–C) groups is 1. The van der Waals surface area contributed by atoms with Crippen LogP contribution in [-0.2, 0) is 17.9 Å². The van der Waals surface area contributed by atoms with Gasteiger partial charge in [-0.2, -0.15) is 0 Å². The molecule has 1 aliphatic heterocycles. The molecule has 0 aliphatic carbocycles. The Morgan fingerprint density at radius 2 is 2.08 bits per heavy atom. The smallest absolute Gasteiger partial charge is 0.227 e. The quantitative estimate of drug-likeness (QED) is 0.618. The lowest BCUT2D eigenvalue weighted by atomic mass is 10.2. The molecule has 132 valence electrons. The highest BCUT2D eigenvalue weighted by Gasteiger charge is 2.21. The molecule has 1 aromatic carbocycles. The van der Waals surface area contributed by atoms with Crippen LogP contribution in [0.5, 0.6) is 0 Å². The van der Waals surface area contributed by atoms with E-state index >= 15 is 0 Å². The number of amides is 1. The second-order valence-corrected chi connectivity index (χ2v) is 6.98. The normalized spacial score (nSPS) is 14.8. The van der Waals surface area contributed by atoms with Crippen molar-refractivity contribution in [1.82, 2.24) is 10.6 Å². The first-order chi connectivity index (χ1) is 12.3. The summed E-state index contributed by atoms with van der Waals surface area (Å²) in [5, 5.41) is 8.70. The van der Waals surface area contributed by atoms with Gasteiger partial charge in [0.2, 0.25) is 5.91 Å². The van der Waals surface area contributed by atoms with E-state index in [4.69, 9.17) is 0 Å². The van der Waals surface area contributed by atoms with E-state index < -0.39 is 0 Å². The topological polar surface area (TPSA) is 56.7 Å². The van der Waals surface area contributed by atoms with Crippen LogP contribution in [0, 0.1) is 0 Å². The maximum absolute atomic E-state index is 11.8. The van der Waals surface area contributed by atoms with Crippen molar-refractivity contribution in [3.8, 4) is 0 Å². The Kier molecular flexibility index (Phi) is 6.06. The molecule has 3 rings (SSSR count). The Morgan fingerprint density at radius 1 is 1.24 bits per heavy atom. The highest BCUT2D eigenvalue weighted by atomic mass is 32.1. The fraction of sp³-hybridized carbons (Fsp3) is 0.368. The highest BCUT2D eigenvalue weighted by molar-refractivity contribution is 7.09. The van der Waals surface area contributed by atoms with Crippen molar-refractivity contribution in [3.63, 3.8) is 0 Å². The van der Waals surface area contributed by atoms with Crippen LogP contribution >= 0.6 is 11.3 Å². The highest BCUT2D eigenvalue weighted by Crippen LogP contribution is 2.21. The zero-order chi connectivity index (χ0) is 17.5. The van der Waals surface area contributed by atoms with E-state index in [-0.39, 0.29) is 5.91 Å². The molecule has 1 aromatic heterocycles. The Morgan fingerprint density at radius 3 is 2.72 bits per heavy atom. The molecule has 25 heavy (non-hydrogen) atoms. The van der Waals surface area contributed by atoms with E-state index in [1.165, 1.54) is 4.88 Å². The third-order valence-electron chi connectivity index (χ3n) is 4.10. The van der Waals surface area contributed by atoms with Crippen LogP contribution < -0.4 is 15.5 Å². The third-order valence-corrected chi connectivity index (χ3v) is 4.97. The van der Waals surface area contributed by atoms with Crippen molar-refractivity contribution in [2.75, 3.05) is 18.0 Å². The molecule has 0 atom stereocenters. The molecule has 5 nitrogen and oxygen atoms in total. The maximum Gasteiger partial charge on any atom is 0.227 e. The Labute approximate surface area is 152 Å². The lowest BCUT2D eigenvalue weighted by Gasteiger charge is -2.15. The van der Waals surface area contributed by atoms with Crippen LogP contribution in [0.4, 0.5) is 5.69 Å². The zero-order valence-electron chi connectivity index (χ0n) is 14.5. The number of hydrogen-bond acceptors (Lipinski definition) is 3. The molecule has 1 aliphatic rings. The third kappa shape index (κ3) is 4.82. The molecule has 0 radical (unpaired) electrons. The SMILES string of the molecule is CCNC(=NCc1ccc(N2CCCC2=O)cc1)NCc1cccs1. The number of carbonyl (C=O) groups excluding carboxylic acids is 1. The molecular weight excluding hydrogens is 332 g/mol. The van der Waals surface area contributed by atoms with Gasteiger partial charge in [-0.05, 0) is 42.5 Å². The fourth-order valence-electron chi connectivity index (χ4n) is 2.80. The summed E-state index contributed by atoms with van der Waals surface area (Å²) in [7, 11) is 0. The summed E-state index contributed by atoms with van der Waals surface area (Å²) in [5.74, 6) is 1.03. The number of anilines is 1. The van der Waals surface area contributed by atoms with Gasteiger partial charge in [0.1, 0.15) is 0 Å². The van der Waals surface area contributed by atoms with Crippen molar-refractivity contribution in [1.29, 1.82) is 0 Å². The number of nitrogens with zero attached hydrogens (tertiary/aromatic N) is 2. The van der Waals surface area contributed by atoms with Gasteiger partial charge >= 0.3 is 0 Å². The van der Waals surface area contributed by atoms with Gasteiger partial charge in [-0.25, -0.2) is 4.99 Å². The molecule has 2 aromatic rings. The van der Waals surface area contributed by atoms with Crippen LogP contribution in [0.15, 0.2) is 46.8 Å². The molecule has 0 spiro atoms. The van der Waals surface area contributed by atoms with Crippen LogP contribution in [0.3, 0.4) is 0 Å². The number of guanidine groups is 1. The van der Waals surface area contributed by atoms with Gasteiger partial charge in [-0.1, -0.05) is 18.2 Å². The van der Waals surface area contributed by atoms with Gasteiger partial charge in [0.25, 0.3) is 0 Å². The molecular formula is C19H24N4OS. The number of hydrogen-bond donors (Lipinski definition) is 2. The lowest BCUT2D eigenvalue weighted by Crippen LogP contribution is -2.36. The Hall–Kier alpha value is -2.34. The van der Waals surface area contributed by atoms with Crippen LogP contribution in [0.2, 0.25) is 0 Å². The lowest BCUT2D eigenvalue weighted by molar-refractivity contribution is -0.117. The molecule has 1 fully saturated rings. The van der Waals surface area contributed by atoms with E-state index in [0.717, 1.165) is 43.3 Å². The zero-order valence-corrected chi connectivity index (χ0v) is 15.3. The predicted octanol–water partition coefficient (Wildman–Crippen LogP) is 3.13. The van der Waals surface area contributed by atoms with Crippen molar-refractivity contribution in [2.45, 2.75) is 32.9 Å². The number of nitrogens with one attached hydrogen (secondary N) is 2. The molecule has 6 heteroatoms. The number of rotatable bonds is 6. The minimum Gasteiger partial charge on any atom is -0.357 e. The summed E-state index contributed by atoms with van der Waals surface area (Å²) in [6.45, 7) is 5.09. The minimum absolute atomic E-state index is 0.220. The monoisotopic (exact) mass is 356 g/mol. The average Bonchev–Trinajstić information content (AvgIpc) is 3.29. The minimum atomic E-state index is 0.220. The largest absolute Gasteiger partial charge is 0.357 e. The van der Waals surface area contributed by atoms with Crippen molar-refractivity contribution in [3.05, 3.63) is 52.2 Å². The van der Waals surface area contributed by atoms with Crippen LogP contribution in [-0.4, -0.2) is 25.0 Å². The summed E-state index contributed by atoms with van der Waals surface area (Å²) in [6.07, 6.45) is 1.61. The van der Waals surface area contributed by atoms with Gasteiger partial charge < -0.3 is 15.5 Å². The molecule has 2 heterocycles. The first kappa shape index (κ1) is 17.5. The van der Waals surface area contributed by atoms with Gasteiger partial charge in [-0.3, -0.25) is 4.79 Å². The second-order valence-electron chi connectivity index (χ2n) is 5.94. The molecule has 2 N–H and O–H groups in total. The summed E-state index contributed by atoms with van der Waals surface area (Å²) >= 11 is 1.73. The van der Waals surface area contributed by atoms with Gasteiger partial charge in [-0.15, -0.1) is 11.3 Å². The van der Waals surface area contributed by atoms with Crippen molar-refractivity contribution in [2.24, 2.45) is 4.99 Å². The van der Waals surface area contributed by atoms with E-state index in [1.54, 1.807) is 11.3 Å². The van der Waals surface area contributed by atoms with E-state index in [0.29, 0.717) is 13.0 Å². The Bertz CT molecular complexity index is 710. The summed E-state index contributed by atoms with van der Waals surface area (Å²) < 4.78 is 0. The van der Waals surface area contributed by atoms with E-state index in [1.807, 2.05) is 29.2 Å². The average molecular weight is 356 g/mol. The van der Waals surface area contributed by atoms with E-state index in [9.17, 15) is 4.79 Å². The molecule has 0 unspecified atom stereocenters. The maximum atomic E-state index is 11.8. The number of thiophene rings is 1. The fourth-order valence-corrected chi connectivity index (χ4v) is 3.44. The first-order valence-electron chi connectivity index (χ1n) is 8.70.